The molecule has 0 bridgehead atoms. The molecule has 5 nitrogen and oxygen atoms in total. The fourth-order valence-electron chi connectivity index (χ4n) is 1.53. The monoisotopic (exact) mass is 280 g/mol. The Morgan fingerprint density at radius 3 is 2.63 bits per heavy atom. The molecule has 19 heavy (non-hydrogen) atoms. The molecule has 0 spiro atoms. The summed E-state index contributed by atoms with van der Waals surface area (Å²) >= 11 is 1.70. The normalized spacial score (nSPS) is 10.8. The lowest BCUT2D eigenvalue weighted by atomic mass is 10.2. The molecule has 0 saturated heterocycles. The third-order valence-corrected chi connectivity index (χ3v) is 3.47. The van der Waals surface area contributed by atoms with Crippen LogP contribution in [0.5, 0.6) is 0 Å². The summed E-state index contributed by atoms with van der Waals surface area (Å²) < 4.78 is 10.0. The van der Waals surface area contributed by atoms with Crippen LogP contribution in [0.15, 0.2) is 28.8 Å². The molecule has 1 heterocycles. The Hall–Kier alpha value is -1.37. The summed E-state index contributed by atoms with van der Waals surface area (Å²) in [6.07, 6.45) is 0. The van der Waals surface area contributed by atoms with Crippen molar-refractivity contribution in [3.05, 3.63) is 47.1 Å². The number of thioether (sulfide) groups is 1. The van der Waals surface area contributed by atoms with Crippen LogP contribution in [0.1, 0.15) is 22.8 Å². The molecule has 6 heteroatoms. The van der Waals surface area contributed by atoms with Crippen molar-refractivity contribution in [3.8, 4) is 0 Å². The zero-order chi connectivity index (χ0) is 13.5. The van der Waals surface area contributed by atoms with Crippen LogP contribution in [-0.2, 0) is 29.5 Å². The second-order valence-electron chi connectivity index (χ2n) is 4.00. The molecule has 2 aromatic rings. The average molecular weight is 280 g/mol. The highest BCUT2D eigenvalue weighted by atomic mass is 32.2. The SMILES string of the molecule is COCc1noc(CSCc2ccc(CO)cc2)n1. The molecular weight excluding hydrogens is 264 g/mol. The van der Waals surface area contributed by atoms with E-state index >= 15 is 0 Å². The van der Waals surface area contributed by atoms with E-state index in [2.05, 4.69) is 10.1 Å². The van der Waals surface area contributed by atoms with Crippen LogP contribution >= 0.6 is 11.8 Å². The van der Waals surface area contributed by atoms with E-state index in [-0.39, 0.29) is 6.61 Å². The Morgan fingerprint density at radius 1 is 1.21 bits per heavy atom. The number of methoxy groups -OCH3 is 1. The van der Waals surface area contributed by atoms with Gasteiger partial charge in [0.25, 0.3) is 0 Å². The molecule has 1 N–H and O–H groups in total. The Balaban J connectivity index is 1.78. The van der Waals surface area contributed by atoms with E-state index < -0.39 is 0 Å². The Labute approximate surface area is 116 Å². The number of aliphatic hydroxyl groups excluding tert-OH is 1. The minimum Gasteiger partial charge on any atom is -0.392 e. The molecule has 0 fully saturated rings. The van der Waals surface area contributed by atoms with Crippen molar-refractivity contribution in [3.63, 3.8) is 0 Å². The van der Waals surface area contributed by atoms with E-state index in [1.54, 1.807) is 18.9 Å². The van der Waals surface area contributed by atoms with E-state index in [4.69, 9.17) is 14.4 Å². The topological polar surface area (TPSA) is 68.4 Å². The van der Waals surface area contributed by atoms with Gasteiger partial charge in [-0.2, -0.15) is 4.98 Å². The number of aliphatic hydroxyl groups is 1. The van der Waals surface area contributed by atoms with Gasteiger partial charge in [0.15, 0.2) is 5.82 Å². The number of hydrogen-bond donors (Lipinski definition) is 1. The number of hydrogen-bond acceptors (Lipinski definition) is 6. The molecule has 102 valence electrons. The molecule has 0 radical (unpaired) electrons. The van der Waals surface area contributed by atoms with Gasteiger partial charge in [0, 0.05) is 12.9 Å². The zero-order valence-electron chi connectivity index (χ0n) is 10.7. The fourth-order valence-corrected chi connectivity index (χ4v) is 2.36. The van der Waals surface area contributed by atoms with Crippen molar-refractivity contribution in [1.82, 2.24) is 10.1 Å². The highest BCUT2D eigenvalue weighted by Crippen LogP contribution is 2.17. The van der Waals surface area contributed by atoms with Crippen LogP contribution in [0.3, 0.4) is 0 Å². The first kappa shape index (κ1) is 14.0. The maximum Gasteiger partial charge on any atom is 0.236 e. The zero-order valence-corrected chi connectivity index (χ0v) is 11.5. The maximum atomic E-state index is 8.96. The summed E-state index contributed by atoms with van der Waals surface area (Å²) in [5.74, 6) is 2.74. The van der Waals surface area contributed by atoms with E-state index in [9.17, 15) is 0 Å². The Bertz CT molecular complexity index is 499. The lowest BCUT2D eigenvalue weighted by Gasteiger charge is -2.01. The predicted molar refractivity (Wildman–Crippen MR) is 72.4 cm³/mol. The van der Waals surface area contributed by atoms with Crippen LogP contribution in [-0.4, -0.2) is 22.4 Å². The molecule has 0 aliphatic heterocycles. The molecule has 0 atom stereocenters. The summed E-state index contributed by atoms with van der Waals surface area (Å²) in [5.41, 5.74) is 2.13. The lowest BCUT2D eigenvalue weighted by molar-refractivity contribution is 0.174. The largest absolute Gasteiger partial charge is 0.392 e. The molecule has 0 saturated carbocycles. The molecule has 0 aliphatic rings. The molecule has 1 aromatic carbocycles. The van der Waals surface area contributed by atoms with Crippen molar-refractivity contribution in [1.29, 1.82) is 0 Å². The summed E-state index contributed by atoms with van der Waals surface area (Å²) in [6, 6.07) is 7.89. The summed E-state index contributed by atoms with van der Waals surface area (Å²) in [4.78, 5) is 4.20. The van der Waals surface area contributed by atoms with E-state index in [1.165, 1.54) is 5.56 Å². The molecule has 1 aromatic heterocycles. The third kappa shape index (κ3) is 4.34. The van der Waals surface area contributed by atoms with Crippen LogP contribution in [0.4, 0.5) is 0 Å². The Morgan fingerprint density at radius 2 is 1.95 bits per heavy atom. The summed E-state index contributed by atoms with van der Waals surface area (Å²) in [5, 5.41) is 12.8. The van der Waals surface area contributed by atoms with Crippen molar-refractivity contribution < 1.29 is 14.4 Å². The maximum absolute atomic E-state index is 8.96. The molecule has 0 aliphatic carbocycles. The second-order valence-corrected chi connectivity index (χ2v) is 4.99. The molecule has 0 unspecified atom stereocenters. The number of benzene rings is 1. The fraction of sp³-hybridized carbons (Fsp3) is 0.385. The van der Waals surface area contributed by atoms with Gasteiger partial charge in [0.1, 0.15) is 6.61 Å². The van der Waals surface area contributed by atoms with Crippen molar-refractivity contribution in [2.45, 2.75) is 24.7 Å². The van der Waals surface area contributed by atoms with Gasteiger partial charge in [0.2, 0.25) is 5.89 Å². The van der Waals surface area contributed by atoms with E-state index in [0.717, 1.165) is 11.3 Å². The van der Waals surface area contributed by atoms with Crippen LogP contribution in [0.25, 0.3) is 0 Å². The number of ether oxygens (including phenoxy) is 1. The number of aromatic nitrogens is 2. The molecule has 0 amide bonds. The van der Waals surface area contributed by atoms with Crippen molar-refractivity contribution in [2.24, 2.45) is 0 Å². The van der Waals surface area contributed by atoms with Gasteiger partial charge in [-0.15, -0.1) is 11.8 Å². The lowest BCUT2D eigenvalue weighted by Crippen LogP contribution is -1.90. The smallest absolute Gasteiger partial charge is 0.236 e. The van der Waals surface area contributed by atoms with Crippen molar-refractivity contribution in [2.75, 3.05) is 7.11 Å². The van der Waals surface area contributed by atoms with E-state index in [1.807, 2.05) is 24.3 Å². The van der Waals surface area contributed by atoms with Crippen molar-refractivity contribution >= 4 is 11.8 Å². The van der Waals surface area contributed by atoms with Crippen LogP contribution in [0.2, 0.25) is 0 Å². The minimum absolute atomic E-state index is 0.0810. The number of nitrogens with zero attached hydrogens (tertiary/aromatic N) is 2. The molecular formula is C13H16N2O3S. The highest BCUT2D eigenvalue weighted by Gasteiger charge is 2.05. The van der Waals surface area contributed by atoms with Crippen LogP contribution in [0, 0.1) is 0 Å². The summed E-state index contributed by atoms with van der Waals surface area (Å²) in [7, 11) is 1.60. The first-order chi connectivity index (χ1) is 9.31. The minimum atomic E-state index is 0.0810. The predicted octanol–water partition coefficient (Wildman–Crippen LogP) is 2.14. The van der Waals surface area contributed by atoms with Gasteiger partial charge in [-0.25, -0.2) is 0 Å². The second kappa shape index (κ2) is 7.28. The van der Waals surface area contributed by atoms with Gasteiger partial charge in [-0.3, -0.25) is 0 Å². The van der Waals surface area contributed by atoms with Gasteiger partial charge in [-0.05, 0) is 11.1 Å². The first-order valence-corrected chi connectivity index (χ1v) is 7.04. The average Bonchev–Trinajstić information content (AvgIpc) is 2.88. The Kier molecular flexibility index (Phi) is 5.38. The quantitative estimate of drug-likeness (QED) is 0.838. The summed E-state index contributed by atoms with van der Waals surface area (Å²) in [6.45, 7) is 0.453. The standard InChI is InChI=1S/C13H16N2O3S/c1-17-7-12-14-13(18-15-12)9-19-8-11-4-2-10(6-16)3-5-11/h2-5,16H,6-9H2,1H3. The highest BCUT2D eigenvalue weighted by molar-refractivity contribution is 7.97. The van der Waals surface area contributed by atoms with Gasteiger partial charge >= 0.3 is 0 Å². The first-order valence-electron chi connectivity index (χ1n) is 5.88. The van der Waals surface area contributed by atoms with E-state index in [0.29, 0.717) is 24.1 Å². The van der Waals surface area contributed by atoms with Gasteiger partial charge in [0.05, 0.1) is 12.4 Å². The third-order valence-electron chi connectivity index (χ3n) is 2.48. The van der Waals surface area contributed by atoms with Gasteiger partial charge in [-0.1, -0.05) is 29.4 Å². The number of rotatable bonds is 7. The van der Waals surface area contributed by atoms with Gasteiger partial charge < -0.3 is 14.4 Å². The molecule has 2 rings (SSSR count). The van der Waals surface area contributed by atoms with Crippen LogP contribution < -0.4 is 0 Å².